The molecule has 1 amide bonds. The van der Waals surface area contributed by atoms with Gasteiger partial charge in [0.2, 0.25) is 0 Å². The Morgan fingerprint density at radius 2 is 2.53 bits per heavy atom. The SMILES string of the molecule is CN(C(=O)c1cnns1)C(CN)C1CC1. The third-order valence-electron chi connectivity index (χ3n) is 2.80. The zero-order valence-electron chi connectivity index (χ0n) is 8.59. The van der Waals surface area contributed by atoms with Crippen LogP contribution in [0.15, 0.2) is 6.20 Å². The highest BCUT2D eigenvalue weighted by Crippen LogP contribution is 2.34. The molecular weight excluding hydrogens is 212 g/mol. The van der Waals surface area contributed by atoms with Crippen molar-refractivity contribution in [2.75, 3.05) is 13.6 Å². The summed E-state index contributed by atoms with van der Waals surface area (Å²) in [5.41, 5.74) is 5.68. The van der Waals surface area contributed by atoms with E-state index in [1.165, 1.54) is 19.0 Å². The van der Waals surface area contributed by atoms with Crippen LogP contribution in [-0.4, -0.2) is 40.0 Å². The maximum absolute atomic E-state index is 11.9. The van der Waals surface area contributed by atoms with Crippen LogP contribution in [-0.2, 0) is 0 Å². The van der Waals surface area contributed by atoms with E-state index in [0.29, 0.717) is 17.3 Å². The predicted octanol–water partition coefficient (Wildman–Crippen LogP) is 0.347. The lowest BCUT2D eigenvalue weighted by Crippen LogP contribution is -2.43. The monoisotopic (exact) mass is 226 g/mol. The number of hydrogen-bond donors (Lipinski definition) is 1. The number of rotatable bonds is 4. The molecule has 0 radical (unpaired) electrons. The van der Waals surface area contributed by atoms with Crippen molar-refractivity contribution in [3.8, 4) is 0 Å². The molecule has 5 nitrogen and oxygen atoms in total. The number of nitrogens with two attached hydrogens (primary N) is 1. The molecule has 1 aromatic rings. The summed E-state index contributed by atoms with van der Waals surface area (Å²) in [6.45, 7) is 0.527. The molecule has 0 saturated heterocycles. The van der Waals surface area contributed by atoms with Gasteiger partial charge in [0.05, 0.1) is 6.20 Å². The average Bonchev–Trinajstić information content (AvgIpc) is 2.93. The highest BCUT2D eigenvalue weighted by atomic mass is 32.1. The number of nitrogens with zero attached hydrogens (tertiary/aromatic N) is 3. The van der Waals surface area contributed by atoms with Crippen molar-refractivity contribution < 1.29 is 4.79 Å². The Balaban J connectivity index is 2.05. The van der Waals surface area contributed by atoms with Gasteiger partial charge in [0.15, 0.2) is 0 Å². The van der Waals surface area contributed by atoms with Crippen molar-refractivity contribution >= 4 is 17.4 Å². The van der Waals surface area contributed by atoms with Gasteiger partial charge in [-0.05, 0) is 30.3 Å². The molecule has 0 spiro atoms. The minimum absolute atomic E-state index is 0.0210. The lowest BCUT2D eigenvalue weighted by molar-refractivity contribution is 0.0723. The second-order valence-corrected chi connectivity index (χ2v) is 4.62. The zero-order chi connectivity index (χ0) is 10.8. The van der Waals surface area contributed by atoms with E-state index in [-0.39, 0.29) is 11.9 Å². The first-order valence-electron chi connectivity index (χ1n) is 4.98. The summed E-state index contributed by atoms with van der Waals surface area (Å²) in [5, 5.41) is 3.66. The largest absolute Gasteiger partial charge is 0.336 e. The topological polar surface area (TPSA) is 72.1 Å². The second-order valence-electron chi connectivity index (χ2n) is 3.84. The van der Waals surface area contributed by atoms with Crippen LogP contribution in [0.3, 0.4) is 0 Å². The molecule has 1 unspecified atom stereocenters. The molecule has 1 aliphatic carbocycles. The molecule has 1 saturated carbocycles. The van der Waals surface area contributed by atoms with Gasteiger partial charge in [-0.3, -0.25) is 4.79 Å². The molecule has 0 aromatic carbocycles. The van der Waals surface area contributed by atoms with Crippen LogP contribution < -0.4 is 5.73 Å². The summed E-state index contributed by atoms with van der Waals surface area (Å²) in [6.07, 6.45) is 3.87. The van der Waals surface area contributed by atoms with Crippen molar-refractivity contribution in [3.63, 3.8) is 0 Å². The normalized spacial score (nSPS) is 17.5. The fourth-order valence-corrected chi connectivity index (χ4v) is 2.23. The first kappa shape index (κ1) is 10.5. The van der Waals surface area contributed by atoms with E-state index in [4.69, 9.17) is 5.73 Å². The summed E-state index contributed by atoms with van der Waals surface area (Å²) < 4.78 is 3.68. The molecule has 6 heteroatoms. The molecule has 0 bridgehead atoms. The molecule has 82 valence electrons. The van der Waals surface area contributed by atoms with E-state index in [1.54, 1.807) is 11.9 Å². The fraction of sp³-hybridized carbons (Fsp3) is 0.667. The van der Waals surface area contributed by atoms with E-state index in [9.17, 15) is 4.79 Å². The van der Waals surface area contributed by atoms with Crippen LogP contribution in [0.5, 0.6) is 0 Å². The smallest absolute Gasteiger partial charge is 0.267 e. The highest BCUT2D eigenvalue weighted by Gasteiger charge is 2.35. The summed E-state index contributed by atoms with van der Waals surface area (Å²) in [7, 11) is 1.80. The maximum Gasteiger partial charge on any atom is 0.267 e. The van der Waals surface area contributed by atoms with Gasteiger partial charge in [-0.25, -0.2) is 0 Å². The number of likely N-dealkylation sites (N-methyl/N-ethyl adjacent to an activating group) is 1. The summed E-state index contributed by atoms with van der Waals surface area (Å²) in [5.74, 6) is 0.567. The van der Waals surface area contributed by atoms with Gasteiger partial charge in [0.25, 0.3) is 5.91 Å². The van der Waals surface area contributed by atoms with Gasteiger partial charge >= 0.3 is 0 Å². The third-order valence-corrected chi connectivity index (χ3v) is 3.45. The van der Waals surface area contributed by atoms with Crippen molar-refractivity contribution in [2.45, 2.75) is 18.9 Å². The van der Waals surface area contributed by atoms with E-state index in [2.05, 4.69) is 9.59 Å². The van der Waals surface area contributed by atoms with Crippen molar-refractivity contribution in [1.82, 2.24) is 14.5 Å². The van der Waals surface area contributed by atoms with E-state index < -0.39 is 0 Å². The Kier molecular flexibility index (Phi) is 2.97. The van der Waals surface area contributed by atoms with Crippen LogP contribution in [0, 0.1) is 5.92 Å². The summed E-state index contributed by atoms with van der Waals surface area (Å²) >= 11 is 1.13. The predicted molar refractivity (Wildman–Crippen MR) is 57.6 cm³/mol. The Hall–Kier alpha value is -1.01. The van der Waals surface area contributed by atoms with Crippen molar-refractivity contribution in [1.29, 1.82) is 0 Å². The van der Waals surface area contributed by atoms with Crippen molar-refractivity contribution in [3.05, 3.63) is 11.1 Å². The molecule has 0 aliphatic heterocycles. The molecule has 1 heterocycles. The van der Waals surface area contributed by atoms with Gasteiger partial charge < -0.3 is 10.6 Å². The lowest BCUT2D eigenvalue weighted by Gasteiger charge is -2.26. The van der Waals surface area contributed by atoms with Gasteiger partial charge in [0.1, 0.15) is 4.88 Å². The van der Waals surface area contributed by atoms with E-state index in [0.717, 1.165) is 11.5 Å². The van der Waals surface area contributed by atoms with Gasteiger partial charge in [-0.15, -0.1) is 5.10 Å². The molecule has 1 aliphatic rings. The van der Waals surface area contributed by atoms with Gasteiger partial charge in [-0.1, -0.05) is 4.49 Å². The molecule has 2 rings (SSSR count). The minimum Gasteiger partial charge on any atom is -0.336 e. The van der Waals surface area contributed by atoms with E-state index in [1.807, 2.05) is 0 Å². The molecular formula is C9H14N4OS. The third kappa shape index (κ3) is 2.15. The number of hydrogen-bond acceptors (Lipinski definition) is 5. The summed E-state index contributed by atoms with van der Waals surface area (Å²) in [6, 6.07) is 0.166. The number of carbonyl (C=O) groups is 1. The molecule has 1 fully saturated rings. The number of aromatic nitrogens is 2. The van der Waals surface area contributed by atoms with Crippen LogP contribution >= 0.6 is 11.5 Å². The molecule has 1 aromatic heterocycles. The van der Waals surface area contributed by atoms with Crippen LogP contribution in [0.2, 0.25) is 0 Å². The lowest BCUT2D eigenvalue weighted by atomic mass is 10.1. The van der Waals surface area contributed by atoms with Crippen LogP contribution in [0.1, 0.15) is 22.5 Å². The Labute approximate surface area is 92.4 Å². The Morgan fingerprint density at radius 1 is 1.80 bits per heavy atom. The van der Waals surface area contributed by atoms with Gasteiger partial charge in [0, 0.05) is 19.6 Å². The standard InChI is InChI=1S/C9H14N4OS/c1-13(7(4-10)6-2-3-6)9(14)8-5-11-12-15-8/h5-7H,2-4,10H2,1H3. The van der Waals surface area contributed by atoms with E-state index >= 15 is 0 Å². The average molecular weight is 226 g/mol. The molecule has 2 N–H and O–H groups in total. The Morgan fingerprint density at radius 3 is 3.00 bits per heavy atom. The maximum atomic E-state index is 11.9. The van der Waals surface area contributed by atoms with Gasteiger partial charge in [-0.2, -0.15) is 0 Å². The highest BCUT2D eigenvalue weighted by molar-refractivity contribution is 7.07. The quantitative estimate of drug-likeness (QED) is 0.804. The van der Waals surface area contributed by atoms with Crippen LogP contribution in [0.25, 0.3) is 0 Å². The fourth-order valence-electron chi connectivity index (χ4n) is 1.73. The number of amides is 1. The minimum atomic E-state index is -0.0210. The number of carbonyl (C=O) groups excluding carboxylic acids is 1. The zero-order valence-corrected chi connectivity index (χ0v) is 9.41. The first-order valence-corrected chi connectivity index (χ1v) is 5.76. The van der Waals surface area contributed by atoms with Crippen LogP contribution in [0.4, 0.5) is 0 Å². The van der Waals surface area contributed by atoms with Crippen molar-refractivity contribution in [2.24, 2.45) is 11.7 Å². The Bertz CT molecular complexity index is 336. The second kappa shape index (κ2) is 4.24. The summed E-state index contributed by atoms with van der Waals surface area (Å²) in [4.78, 5) is 14.2. The first-order chi connectivity index (χ1) is 7.24. The molecule has 15 heavy (non-hydrogen) atoms. The molecule has 1 atom stereocenters.